The Labute approximate surface area is 140 Å². The van der Waals surface area contributed by atoms with Gasteiger partial charge in [0.1, 0.15) is 0 Å². The van der Waals surface area contributed by atoms with Crippen molar-refractivity contribution in [1.29, 1.82) is 0 Å². The molecule has 0 atom stereocenters. The normalized spacial score (nSPS) is 20.2. The molecule has 128 valence electrons. The van der Waals surface area contributed by atoms with Crippen molar-refractivity contribution >= 4 is 7.75 Å². The standard InChI is InChI=1S/C18H28NO3P/c1-4-5-6-10-13-19(14-17-11-8-7-9-12-17)23(20)21-15-18(2,3)16-22-23/h6-12H,4-5,13-16H2,1-3H3/b10-6+. The second-order valence-corrected chi connectivity index (χ2v) is 8.79. The highest BCUT2D eigenvalue weighted by Crippen LogP contribution is 2.57. The summed E-state index contributed by atoms with van der Waals surface area (Å²) in [6.07, 6.45) is 6.31. The van der Waals surface area contributed by atoms with Crippen LogP contribution in [0.5, 0.6) is 0 Å². The van der Waals surface area contributed by atoms with Gasteiger partial charge in [-0.15, -0.1) is 0 Å². The van der Waals surface area contributed by atoms with Gasteiger partial charge >= 0.3 is 7.75 Å². The maximum atomic E-state index is 13.1. The van der Waals surface area contributed by atoms with E-state index >= 15 is 0 Å². The molecule has 1 aliphatic heterocycles. The highest BCUT2D eigenvalue weighted by Gasteiger charge is 2.41. The first kappa shape index (κ1) is 18.4. The number of benzene rings is 1. The van der Waals surface area contributed by atoms with Crippen LogP contribution in [0.1, 0.15) is 39.2 Å². The molecule has 0 aliphatic carbocycles. The fourth-order valence-corrected chi connectivity index (χ4v) is 4.34. The van der Waals surface area contributed by atoms with Crippen molar-refractivity contribution in [1.82, 2.24) is 4.67 Å². The van der Waals surface area contributed by atoms with Crippen molar-refractivity contribution in [3.63, 3.8) is 0 Å². The van der Waals surface area contributed by atoms with Crippen LogP contribution in [-0.2, 0) is 20.2 Å². The maximum absolute atomic E-state index is 13.1. The first-order chi connectivity index (χ1) is 11.0. The van der Waals surface area contributed by atoms with Gasteiger partial charge < -0.3 is 0 Å². The monoisotopic (exact) mass is 337 g/mol. The summed E-state index contributed by atoms with van der Waals surface area (Å²) in [4.78, 5) is 0. The van der Waals surface area contributed by atoms with Gasteiger partial charge in [0, 0.05) is 18.5 Å². The number of unbranched alkanes of at least 4 members (excludes halogenated alkanes) is 1. The van der Waals surface area contributed by atoms with Crippen LogP contribution in [-0.4, -0.2) is 24.4 Å². The van der Waals surface area contributed by atoms with Crippen LogP contribution in [0.15, 0.2) is 42.5 Å². The summed E-state index contributed by atoms with van der Waals surface area (Å²) in [7, 11) is -3.24. The van der Waals surface area contributed by atoms with E-state index in [-0.39, 0.29) is 5.41 Å². The van der Waals surface area contributed by atoms with Gasteiger partial charge in [-0.2, -0.15) is 0 Å². The minimum Gasteiger partial charge on any atom is -0.296 e. The third kappa shape index (κ3) is 5.58. The van der Waals surface area contributed by atoms with Crippen LogP contribution in [0, 0.1) is 5.41 Å². The quantitative estimate of drug-likeness (QED) is 0.517. The number of allylic oxidation sites excluding steroid dienone is 1. The van der Waals surface area contributed by atoms with E-state index in [1.807, 2.05) is 35.0 Å². The summed E-state index contributed by atoms with van der Waals surface area (Å²) in [5, 5.41) is 0. The minimum absolute atomic E-state index is 0.0929. The molecule has 1 aromatic carbocycles. The molecule has 0 bridgehead atoms. The third-order valence-corrected chi connectivity index (χ3v) is 5.64. The lowest BCUT2D eigenvalue weighted by Gasteiger charge is -2.38. The van der Waals surface area contributed by atoms with Crippen molar-refractivity contribution in [3.05, 3.63) is 48.0 Å². The van der Waals surface area contributed by atoms with Crippen molar-refractivity contribution in [2.24, 2.45) is 5.41 Å². The molecular formula is C18H28NO3P. The Hall–Kier alpha value is -0.930. The molecule has 0 amide bonds. The molecule has 0 aromatic heterocycles. The summed E-state index contributed by atoms with van der Waals surface area (Å²) in [6, 6.07) is 10.0. The minimum atomic E-state index is -3.24. The number of rotatable bonds is 7. The van der Waals surface area contributed by atoms with Gasteiger partial charge in [-0.1, -0.05) is 69.7 Å². The van der Waals surface area contributed by atoms with E-state index in [2.05, 4.69) is 32.9 Å². The van der Waals surface area contributed by atoms with Gasteiger partial charge in [0.2, 0.25) is 0 Å². The van der Waals surface area contributed by atoms with E-state index < -0.39 is 7.75 Å². The maximum Gasteiger partial charge on any atom is 0.408 e. The fourth-order valence-electron chi connectivity index (χ4n) is 2.28. The van der Waals surface area contributed by atoms with E-state index in [0.717, 1.165) is 18.4 Å². The van der Waals surface area contributed by atoms with E-state index in [1.165, 1.54) is 0 Å². The van der Waals surface area contributed by atoms with Crippen LogP contribution in [0.4, 0.5) is 0 Å². The molecule has 0 spiro atoms. The van der Waals surface area contributed by atoms with Gasteiger partial charge in [0.25, 0.3) is 0 Å². The lowest BCUT2D eigenvalue weighted by molar-refractivity contribution is 0.0213. The topological polar surface area (TPSA) is 38.8 Å². The summed E-state index contributed by atoms with van der Waals surface area (Å²) in [6.45, 7) is 8.27. The molecule has 0 N–H and O–H groups in total. The third-order valence-electron chi connectivity index (χ3n) is 3.73. The summed E-state index contributed by atoms with van der Waals surface area (Å²) < 4.78 is 26.4. The lowest BCUT2D eigenvalue weighted by atomic mass is 9.97. The zero-order chi connectivity index (χ0) is 16.8. The van der Waals surface area contributed by atoms with Crippen molar-refractivity contribution in [3.8, 4) is 0 Å². The van der Waals surface area contributed by atoms with Crippen LogP contribution in [0.25, 0.3) is 0 Å². The second kappa shape index (κ2) is 8.25. The van der Waals surface area contributed by atoms with Gasteiger partial charge in [-0.3, -0.25) is 9.05 Å². The smallest absolute Gasteiger partial charge is 0.296 e. The molecule has 1 aromatic rings. The SMILES string of the molecule is CCC/C=C/CN(Cc1ccccc1)P1(=O)OCC(C)(C)CO1. The molecule has 23 heavy (non-hydrogen) atoms. The molecule has 2 rings (SSSR count). The van der Waals surface area contributed by atoms with Crippen LogP contribution >= 0.6 is 7.75 Å². The number of nitrogens with zero attached hydrogens (tertiary/aromatic N) is 1. The first-order valence-corrected chi connectivity index (χ1v) is 9.78. The van der Waals surface area contributed by atoms with Crippen molar-refractivity contribution < 1.29 is 13.6 Å². The molecule has 0 unspecified atom stereocenters. The van der Waals surface area contributed by atoms with Crippen LogP contribution in [0.3, 0.4) is 0 Å². The van der Waals surface area contributed by atoms with Gasteiger partial charge in [-0.05, 0) is 12.0 Å². The number of hydrogen-bond acceptors (Lipinski definition) is 3. The van der Waals surface area contributed by atoms with Crippen molar-refractivity contribution in [2.45, 2.75) is 40.2 Å². The Bertz CT molecular complexity index is 543. The van der Waals surface area contributed by atoms with E-state index in [4.69, 9.17) is 9.05 Å². The highest BCUT2D eigenvalue weighted by atomic mass is 31.2. The zero-order valence-electron chi connectivity index (χ0n) is 14.4. The average molecular weight is 337 g/mol. The Morgan fingerprint density at radius 2 is 1.83 bits per heavy atom. The molecule has 0 radical (unpaired) electrons. The van der Waals surface area contributed by atoms with Gasteiger partial charge in [0.15, 0.2) is 0 Å². The highest BCUT2D eigenvalue weighted by molar-refractivity contribution is 7.51. The molecule has 0 saturated carbocycles. The fraction of sp³-hybridized carbons (Fsp3) is 0.556. The Morgan fingerprint density at radius 1 is 1.17 bits per heavy atom. The Morgan fingerprint density at radius 3 is 2.43 bits per heavy atom. The van der Waals surface area contributed by atoms with Gasteiger partial charge in [0.05, 0.1) is 13.2 Å². The van der Waals surface area contributed by atoms with Crippen LogP contribution in [0.2, 0.25) is 0 Å². The zero-order valence-corrected chi connectivity index (χ0v) is 15.3. The molecule has 1 heterocycles. The Kier molecular flexibility index (Phi) is 6.60. The second-order valence-electron chi connectivity index (χ2n) is 6.77. The summed E-state index contributed by atoms with van der Waals surface area (Å²) >= 11 is 0. The largest absolute Gasteiger partial charge is 0.408 e. The number of hydrogen-bond donors (Lipinski definition) is 0. The Balaban J connectivity index is 2.10. The lowest BCUT2D eigenvalue weighted by Crippen LogP contribution is -2.34. The predicted octanol–water partition coefficient (Wildman–Crippen LogP) is 5.03. The molecule has 1 saturated heterocycles. The first-order valence-electron chi connectivity index (χ1n) is 8.29. The molecule has 5 heteroatoms. The van der Waals surface area contributed by atoms with E-state index in [9.17, 15) is 4.57 Å². The van der Waals surface area contributed by atoms with Crippen LogP contribution < -0.4 is 0 Å². The predicted molar refractivity (Wildman–Crippen MR) is 94.2 cm³/mol. The van der Waals surface area contributed by atoms with E-state index in [0.29, 0.717) is 26.3 Å². The average Bonchev–Trinajstić information content (AvgIpc) is 2.54. The molecular weight excluding hydrogens is 309 g/mol. The molecule has 1 aliphatic rings. The molecule has 1 fully saturated rings. The van der Waals surface area contributed by atoms with E-state index in [1.54, 1.807) is 0 Å². The van der Waals surface area contributed by atoms with Gasteiger partial charge in [-0.25, -0.2) is 9.24 Å². The summed E-state index contributed by atoms with van der Waals surface area (Å²) in [5.41, 5.74) is 1.01. The summed E-state index contributed by atoms with van der Waals surface area (Å²) in [5.74, 6) is 0. The van der Waals surface area contributed by atoms with Crippen molar-refractivity contribution in [2.75, 3.05) is 19.8 Å². The molecule has 4 nitrogen and oxygen atoms in total.